The Morgan fingerprint density at radius 3 is 2.74 bits per heavy atom. The van der Waals surface area contributed by atoms with Crippen molar-refractivity contribution in [2.45, 2.75) is 6.92 Å². The second-order valence-corrected chi connectivity index (χ2v) is 5.21. The maximum Gasteiger partial charge on any atom is 0.261 e. The molecule has 2 aromatic heterocycles. The summed E-state index contributed by atoms with van der Waals surface area (Å²) < 4.78 is 19.4. The number of benzene rings is 1. The first-order chi connectivity index (χ1) is 9.04. The smallest absolute Gasteiger partial charge is 0.261 e. The van der Waals surface area contributed by atoms with E-state index in [1.54, 1.807) is 19.1 Å². The first-order valence-corrected chi connectivity index (χ1v) is 6.47. The van der Waals surface area contributed by atoms with E-state index in [2.05, 4.69) is 31.1 Å². The molecule has 3 aromatic rings. The van der Waals surface area contributed by atoms with E-state index in [4.69, 9.17) is 16.1 Å². The first kappa shape index (κ1) is 12.5. The van der Waals surface area contributed by atoms with Crippen molar-refractivity contribution in [3.05, 3.63) is 39.5 Å². The molecular weight excluding hydrogens is 337 g/mol. The summed E-state index contributed by atoms with van der Waals surface area (Å²) in [6.07, 6.45) is 0. The van der Waals surface area contributed by atoms with Crippen LogP contribution in [0.15, 0.2) is 27.2 Å². The number of pyridine rings is 1. The van der Waals surface area contributed by atoms with Crippen molar-refractivity contribution in [1.29, 1.82) is 0 Å². The van der Waals surface area contributed by atoms with Gasteiger partial charge in [-0.15, -0.1) is 0 Å². The van der Waals surface area contributed by atoms with Gasteiger partial charge in [-0.05, 0) is 25.1 Å². The highest BCUT2D eigenvalue weighted by atomic mass is 79.9. The van der Waals surface area contributed by atoms with Crippen LogP contribution >= 0.6 is 27.5 Å². The Balaban J connectivity index is 2.30. The number of hydrogen-bond acceptors (Lipinski definition) is 4. The fraction of sp³-hybridized carbons (Fsp3) is 0.0833. The molecule has 19 heavy (non-hydrogen) atoms. The number of rotatable bonds is 1. The molecule has 0 aliphatic heterocycles. The zero-order valence-electron chi connectivity index (χ0n) is 9.62. The van der Waals surface area contributed by atoms with E-state index in [-0.39, 0.29) is 16.6 Å². The zero-order valence-corrected chi connectivity index (χ0v) is 12.0. The SMILES string of the molecule is Cc1noc(-c2cc3cc(Br)cc(F)c3nc2Cl)n1. The van der Waals surface area contributed by atoms with Crippen LogP contribution in [0.25, 0.3) is 22.4 Å². The van der Waals surface area contributed by atoms with E-state index in [0.29, 0.717) is 21.2 Å². The van der Waals surface area contributed by atoms with Gasteiger partial charge >= 0.3 is 0 Å². The molecule has 0 spiro atoms. The predicted octanol–water partition coefficient (Wildman–Crippen LogP) is 4.15. The summed E-state index contributed by atoms with van der Waals surface area (Å²) in [7, 11) is 0. The topological polar surface area (TPSA) is 51.8 Å². The van der Waals surface area contributed by atoms with Gasteiger partial charge in [-0.3, -0.25) is 0 Å². The van der Waals surface area contributed by atoms with Gasteiger partial charge in [0.2, 0.25) is 0 Å². The molecule has 0 N–H and O–H groups in total. The molecule has 0 bridgehead atoms. The standard InChI is InChI=1S/C12H6BrClFN3O/c1-5-16-12(19-18-5)8-3-6-2-7(13)4-9(15)10(6)17-11(8)14/h2-4H,1H3. The van der Waals surface area contributed by atoms with Crippen LogP contribution in [0.3, 0.4) is 0 Å². The van der Waals surface area contributed by atoms with Gasteiger partial charge in [0.15, 0.2) is 11.6 Å². The van der Waals surface area contributed by atoms with Gasteiger partial charge in [0.1, 0.15) is 10.7 Å². The largest absolute Gasteiger partial charge is 0.334 e. The highest BCUT2D eigenvalue weighted by Crippen LogP contribution is 2.31. The van der Waals surface area contributed by atoms with E-state index >= 15 is 0 Å². The maximum absolute atomic E-state index is 13.8. The van der Waals surface area contributed by atoms with Crippen molar-refractivity contribution in [3.8, 4) is 11.5 Å². The van der Waals surface area contributed by atoms with Gasteiger partial charge < -0.3 is 4.52 Å². The summed E-state index contributed by atoms with van der Waals surface area (Å²) in [5, 5.41) is 4.42. The molecule has 0 saturated carbocycles. The Bertz CT molecular complexity index is 790. The number of hydrogen-bond donors (Lipinski definition) is 0. The third kappa shape index (κ3) is 2.21. The molecule has 0 fully saturated rings. The number of aromatic nitrogens is 3. The lowest BCUT2D eigenvalue weighted by Crippen LogP contribution is -1.90. The quantitative estimate of drug-likeness (QED) is 0.623. The summed E-state index contributed by atoms with van der Waals surface area (Å²) in [4.78, 5) is 8.13. The molecule has 3 rings (SSSR count). The fourth-order valence-electron chi connectivity index (χ4n) is 1.74. The maximum atomic E-state index is 13.8. The summed E-state index contributed by atoms with van der Waals surface area (Å²) >= 11 is 9.28. The molecule has 96 valence electrons. The highest BCUT2D eigenvalue weighted by Gasteiger charge is 2.15. The third-order valence-corrected chi connectivity index (χ3v) is 3.29. The Labute approximate surface area is 120 Å². The molecule has 4 nitrogen and oxygen atoms in total. The molecule has 0 aliphatic rings. The zero-order chi connectivity index (χ0) is 13.6. The lowest BCUT2D eigenvalue weighted by Gasteiger charge is -2.04. The Morgan fingerprint density at radius 2 is 2.05 bits per heavy atom. The summed E-state index contributed by atoms with van der Waals surface area (Å²) in [6, 6.07) is 4.75. The van der Waals surface area contributed by atoms with Crippen molar-refractivity contribution in [2.24, 2.45) is 0 Å². The van der Waals surface area contributed by atoms with Crippen molar-refractivity contribution >= 4 is 38.4 Å². The molecule has 0 aliphatic carbocycles. The van der Waals surface area contributed by atoms with E-state index in [1.807, 2.05) is 0 Å². The van der Waals surface area contributed by atoms with Crippen molar-refractivity contribution < 1.29 is 8.91 Å². The average Bonchev–Trinajstić information content (AvgIpc) is 2.76. The van der Waals surface area contributed by atoms with Gasteiger partial charge in [-0.2, -0.15) is 4.98 Å². The lowest BCUT2D eigenvalue weighted by atomic mass is 10.1. The molecule has 2 heterocycles. The molecule has 1 aromatic carbocycles. The minimum Gasteiger partial charge on any atom is -0.334 e. The van der Waals surface area contributed by atoms with Crippen molar-refractivity contribution in [3.63, 3.8) is 0 Å². The molecule has 0 atom stereocenters. The molecule has 0 unspecified atom stereocenters. The van der Waals surface area contributed by atoms with Gasteiger partial charge in [0.25, 0.3) is 5.89 Å². The van der Waals surface area contributed by atoms with Gasteiger partial charge in [0.05, 0.1) is 5.56 Å². The molecular formula is C12H6BrClFN3O. The van der Waals surface area contributed by atoms with Crippen LogP contribution in [0.2, 0.25) is 5.15 Å². The highest BCUT2D eigenvalue weighted by molar-refractivity contribution is 9.10. The van der Waals surface area contributed by atoms with Gasteiger partial charge in [-0.1, -0.05) is 32.7 Å². The number of halogens is 3. The average molecular weight is 343 g/mol. The minimum atomic E-state index is -0.445. The monoisotopic (exact) mass is 341 g/mol. The van der Waals surface area contributed by atoms with E-state index in [0.717, 1.165) is 0 Å². The first-order valence-electron chi connectivity index (χ1n) is 5.30. The number of nitrogens with zero attached hydrogens (tertiary/aromatic N) is 3. The fourth-order valence-corrected chi connectivity index (χ4v) is 2.41. The second kappa shape index (κ2) is 4.54. The number of aryl methyl sites for hydroxylation is 1. The second-order valence-electron chi connectivity index (χ2n) is 3.93. The van der Waals surface area contributed by atoms with Crippen LogP contribution < -0.4 is 0 Å². The normalized spacial score (nSPS) is 11.2. The van der Waals surface area contributed by atoms with Gasteiger partial charge in [-0.25, -0.2) is 9.37 Å². The minimum absolute atomic E-state index is 0.123. The van der Waals surface area contributed by atoms with Crippen LogP contribution in [0.4, 0.5) is 4.39 Å². The molecule has 0 saturated heterocycles. The van der Waals surface area contributed by atoms with Crippen LogP contribution in [-0.4, -0.2) is 15.1 Å². The van der Waals surface area contributed by atoms with Gasteiger partial charge in [0, 0.05) is 9.86 Å². The summed E-state index contributed by atoms with van der Waals surface area (Å²) in [6.45, 7) is 1.70. The third-order valence-electron chi connectivity index (χ3n) is 2.55. The van der Waals surface area contributed by atoms with Crippen LogP contribution in [0.1, 0.15) is 5.82 Å². The Hall–Kier alpha value is -1.53. The summed E-state index contributed by atoms with van der Waals surface area (Å²) in [5.74, 6) is 0.309. The van der Waals surface area contributed by atoms with Crippen LogP contribution in [0, 0.1) is 12.7 Å². The summed E-state index contributed by atoms with van der Waals surface area (Å²) in [5.41, 5.74) is 0.681. The van der Waals surface area contributed by atoms with Crippen LogP contribution in [-0.2, 0) is 0 Å². The Morgan fingerprint density at radius 1 is 1.26 bits per heavy atom. The van der Waals surface area contributed by atoms with E-state index in [1.165, 1.54) is 6.07 Å². The molecule has 7 heteroatoms. The predicted molar refractivity (Wildman–Crippen MR) is 72.4 cm³/mol. The van der Waals surface area contributed by atoms with Crippen molar-refractivity contribution in [2.75, 3.05) is 0 Å². The number of fused-ring (bicyclic) bond motifs is 1. The van der Waals surface area contributed by atoms with Crippen LogP contribution in [0.5, 0.6) is 0 Å². The van der Waals surface area contributed by atoms with Crippen molar-refractivity contribution in [1.82, 2.24) is 15.1 Å². The molecule has 0 amide bonds. The van der Waals surface area contributed by atoms with E-state index in [9.17, 15) is 4.39 Å². The molecule has 0 radical (unpaired) electrons. The Kier molecular flexibility index (Phi) is 2.99. The lowest BCUT2D eigenvalue weighted by molar-refractivity contribution is 0.425. The van der Waals surface area contributed by atoms with E-state index < -0.39 is 5.82 Å².